The molecule has 0 saturated carbocycles. The molecule has 1 rings (SSSR count). The molecule has 1 aromatic heterocycles. The van der Waals surface area contributed by atoms with Gasteiger partial charge in [0, 0.05) is 6.07 Å². The number of thiocarbonyl (C=S) groups is 1. The summed E-state index contributed by atoms with van der Waals surface area (Å²) in [4.78, 5) is 0. The molecule has 0 aliphatic heterocycles. The fourth-order valence-electron chi connectivity index (χ4n) is 1.30. The van der Waals surface area contributed by atoms with Crippen molar-refractivity contribution in [1.29, 1.82) is 0 Å². The van der Waals surface area contributed by atoms with Gasteiger partial charge in [0.15, 0.2) is 5.11 Å². The highest BCUT2D eigenvalue weighted by atomic mass is 32.1. The normalized spacial score (nSPS) is 10.4. The van der Waals surface area contributed by atoms with E-state index in [1.165, 1.54) is 17.5 Å². The number of unbranched alkanes of at least 4 members (excludes halogenated alkanes) is 2. The van der Waals surface area contributed by atoms with E-state index in [9.17, 15) is 0 Å². The minimum atomic E-state index is 0.198. The molecule has 1 aromatic rings. The van der Waals surface area contributed by atoms with E-state index in [1.54, 1.807) is 0 Å². The summed E-state index contributed by atoms with van der Waals surface area (Å²) in [6, 6.07) is 1.83. The van der Waals surface area contributed by atoms with Crippen LogP contribution in [0.1, 0.15) is 31.9 Å². The fourth-order valence-corrected chi connectivity index (χ4v) is 1.45. The third-order valence-electron chi connectivity index (χ3n) is 2.03. The highest BCUT2D eigenvalue weighted by Gasteiger charge is 2.05. The summed E-state index contributed by atoms with van der Waals surface area (Å²) in [6.45, 7) is 2.17. The van der Waals surface area contributed by atoms with Gasteiger partial charge in [-0.3, -0.25) is 0 Å². The molecule has 1 heterocycles. The molecular formula is C9H16N4S. The minimum Gasteiger partial charge on any atom is -0.383 e. The molecule has 0 aliphatic carbocycles. The van der Waals surface area contributed by atoms with Crippen LogP contribution >= 0.6 is 12.2 Å². The zero-order valence-corrected chi connectivity index (χ0v) is 9.18. The zero-order chi connectivity index (χ0) is 10.6. The van der Waals surface area contributed by atoms with E-state index < -0.39 is 0 Å². The second kappa shape index (κ2) is 4.95. The van der Waals surface area contributed by atoms with Gasteiger partial charge in [-0.2, -0.15) is 9.78 Å². The average molecular weight is 212 g/mol. The quantitative estimate of drug-likeness (QED) is 0.583. The van der Waals surface area contributed by atoms with Crippen molar-refractivity contribution in [3.63, 3.8) is 0 Å². The Kier molecular flexibility index (Phi) is 3.88. The summed E-state index contributed by atoms with van der Waals surface area (Å²) in [5.74, 6) is 0.518. The lowest BCUT2D eigenvalue weighted by Gasteiger charge is -1.98. The topological polar surface area (TPSA) is 69.9 Å². The van der Waals surface area contributed by atoms with E-state index in [1.807, 2.05) is 6.07 Å². The van der Waals surface area contributed by atoms with E-state index in [2.05, 4.69) is 12.0 Å². The molecule has 0 unspecified atom stereocenters. The first kappa shape index (κ1) is 11.0. The average Bonchev–Trinajstić information content (AvgIpc) is 2.47. The number of hydrogen-bond donors (Lipinski definition) is 2. The van der Waals surface area contributed by atoms with Gasteiger partial charge in [0.2, 0.25) is 0 Å². The van der Waals surface area contributed by atoms with Crippen molar-refractivity contribution in [3.05, 3.63) is 11.8 Å². The predicted molar refractivity (Wildman–Crippen MR) is 62.1 cm³/mol. The third kappa shape index (κ3) is 2.70. The maximum absolute atomic E-state index is 5.68. The molecule has 14 heavy (non-hydrogen) atoms. The van der Waals surface area contributed by atoms with Crippen molar-refractivity contribution >= 4 is 23.1 Å². The van der Waals surface area contributed by atoms with E-state index in [0.29, 0.717) is 5.82 Å². The Morgan fingerprint density at radius 3 is 2.79 bits per heavy atom. The maximum Gasteiger partial charge on any atom is 0.193 e. The van der Waals surface area contributed by atoms with Crippen LogP contribution in [-0.4, -0.2) is 14.9 Å². The summed E-state index contributed by atoms with van der Waals surface area (Å²) in [5, 5.41) is 4.40. The highest BCUT2D eigenvalue weighted by Crippen LogP contribution is 2.09. The Bertz CT molecular complexity index is 319. The lowest BCUT2D eigenvalue weighted by Crippen LogP contribution is -2.22. The van der Waals surface area contributed by atoms with E-state index in [0.717, 1.165) is 18.5 Å². The van der Waals surface area contributed by atoms with E-state index in [-0.39, 0.29) is 5.11 Å². The lowest BCUT2D eigenvalue weighted by molar-refractivity contribution is 0.701. The molecule has 0 bridgehead atoms. The molecule has 5 heteroatoms. The second-order valence-corrected chi connectivity index (χ2v) is 3.69. The summed E-state index contributed by atoms with van der Waals surface area (Å²) < 4.78 is 1.40. The van der Waals surface area contributed by atoms with Gasteiger partial charge in [0.25, 0.3) is 0 Å². The van der Waals surface area contributed by atoms with Crippen LogP contribution in [0, 0.1) is 0 Å². The van der Waals surface area contributed by atoms with Crippen LogP contribution in [-0.2, 0) is 6.42 Å². The smallest absolute Gasteiger partial charge is 0.193 e. The van der Waals surface area contributed by atoms with Gasteiger partial charge < -0.3 is 11.5 Å². The number of hydrogen-bond acceptors (Lipinski definition) is 3. The predicted octanol–water partition coefficient (Wildman–Crippen LogP) is 1.29. The molecule has 78 valence electrons. The maximum atomic E-state index is 5.68. The van der Waals surface area contributed by atoms with Crippen molar-refractivity contribution < 1.29 is 0 Å². The van der Waals surface area contributed by atoms with Crippen molar-refractivity contribution in [2.75, 3.05) is 5.73 Å². The van der Waals surface area contributed by atoms with Crippen LogP contribution in [0.3, 0.4) is 0 Å². The van der Waals surface area contributed by atoms with E-state index >= 15 is 0 Å². The molecule has 0 fully saturated rings. The molecule has 0 aliphatic rings. The number of nitrogens with zero attached hydrogens (tertiary/aromatic N) is 2. The van der Waals surface area contributed by atoms with Gasteiger partial charge in [0.05, 0.1) is 5.69 Å². The SMILES string of the molecule is CCCCCc1cc(N)n(C(N)=S)n1. The number of nitrogen functional groups attached to an aromatic ring is 1. The Labute approximate surface area is 89.3 Å². The molecule has 4 N–H and O–H groups in total. The van der Waals surface area contributed by atoms with Gasteiger partial charge in [-0.05, 0) is 25.1 Å². The molecular weight excluding hydrogens is 196 g/mol. The Balaban J connectivity index is 2.62. The molecule has 0 radical (unpaired) electrons. The number of anilines is 1. The Morgan fingerprint density at radius 2 is 2.29 bits per heavy atom. The van der Waals surface area contributed by atoms with E-state index in [4.69, 9.17) is 23.7 Å². The first-order chi connectivity index (χ1) is 6.65. The molecule has 0 saturated heterocycles. The molecule has 0 atom stereocenters. The van der Waals surface area contributed by atoms with Crippen molar-refractivity contribution in [2.45, 2.75) is 32.6 Å². The summed E-state index contributed by atoms with van der Waals surface area (Å²) in [5.41, 5.74) is 12.1. The third-order valence-corrected chi connectivity index (χ3v) is 2.21. The molecule has 0 spiro atoms. The Hall–Kier alpha value is -1.10. The van der Waals surface area contributed by atoms with Crippen LogP contribution in [0.2, 0.25) is 0 Å². The van der Waals surface area contributed by atoms with Gasteiger partial charge in [-0.1, -0.05) is 19.8 Å². The van der Waals surface area contributed by atoms with Crippen LogP contribution < -0.4 is 11.5 Å². The monoisotopic (exact) mass is 212 g/mol. The summed E-state index contributed by atoms with van der Waals surface area (Å²) in [6.07, 6.45) is 4.48. The molecule has 0 aromatic carbocycles. The summed E-state index contributed by atoms with van der Waals surface area (Å²) in [7, 11) is 0. The summed E-state index contributed by atoms with van der Waals surface area (Å²) >= 11 is 4.80. The number of nitrogens with two attached hydrogens (primary N) is 2. The van der Waals surface area contributed by atoms with Crippen molar-refractivity contribution in [2.24, 2.45) is 5.73 Å². The van der Waals surface area contributed by atoms with Gasteiger partial charge in [-0.15, -0.1) is 0 Å². The largest absolute Gasteiger partial charge is 0.383 e. The lowest BCUT2D eigenvalue weighted by atomic mass is 10.2. The zero-order valence-electron chi connectivity index (χ0n) is 8.36. The fraction of sp³-hybridized carbons (Fsp3) is 0.556. The van der Waals surface area contributed by atoms with Gasteiger partial charge >= 0.3 is 0 Å². The van der Waals surface area contributed by atoms with Crippen LogP contribution in [0.4, 0.5) is 5.82 Å². The van der Waals surface area contributed by atoms with Gasteiger partial charge in [-0.25, -0.2) is 0 Å². The first-order valence-electron chi connectivity index (χ1n) is 4.79. The van der Waals surface area contributed by atoms with Crippen molar-refractivity contribution in [3.8, 4) is 0 Å². The second-order valence-electron chi connectivity index (χ2n) is 3.27. The van der Waals surface area contributed by atoms with Crippen LogP contribution in [0.5, 0.6) is 0 Å². The highest BCUT2D eigenvalue weighted by molar-refractivity contribution is 7.80. The van der Waals surface area contributed by atoms with Crippen molar-refractivity contribution in [1.82, 2.24) is 9.78 Å². The molecule has 0 amide bonds. The number of aromatic nitrogens is 2. The number of rotatable bonds is 4. The number of aryl methyl sites for hydroxylation is 1. The molecule has 4 nitrogen and oxygen atoms in total. The first-order valence-corrected chi connectivity index (χ1v) is 5.20. The minimum absolute atomic E-state index is 0.198. The standard InChI is InChI=1S/C9H16N4S/c1-2-3-4-5-7-6-8(10)13(12-7)9(11)14/h6H,2-5,10H2,1H3,(H2,11,14). The van der Waals surface area contributed by atoms with Crippen LogP contribution in [0.25, 0.3) is 0 Å². The van der Waals surface area contributed by atoms with Gasteiger partial charge in [0.1, 0.15) is 5.82 Å². The van der Waals surface area contributed by atoms with Crippen LogP contribution in [0.15, 0.2) is 6.07 Å². The Morgan fingerprint density at radius 1 is 1.57 bits per heavy atom.